The molecule has 3 rings (SSSR count). The Hall–Kier alpha value is -1.88. The van der Waals surface area contributed by atoms with Gasteiger partial charge in [-0.2, -0.15) is 0 Å². The van der Waals surface area contributed by atoms with Crippen molar-refractivity contribution in [2.45, 2.75) is 18.9 Å². The average molecular weight is 245 g/mol. The van der Waals surface area contributed by atoms with E-state index in [4.69, 9.17) is 4.74 Å². The van der Waals surface area contributed by atoms with Gasteiger partial charge in [0.15, 0.2) is 0 Å². The normalized spacial score (nSPS) is 19.3. The molecule has 94 valence electrons. The molecular formula is C13H15N3O2. The van der Waals surface area contributed by atoms with E-state index in [2.05, 4.69) is 10.3 Å². The van der Waals surface area contributed by atoms with E-state index in [0.29, 0.717) is 11.4 Å². The van der Waals surface area contributed by atoms with Gasteiger partial charge < -0.3 is 10.1 Å². The van der Waals surface area contributed by atoms with Gasteiger partial charge in [0.25, 0.3) is 5.56 Å². The molecule has 1 saturated heterocycles. The van der Waals surface area contributed by atoms with Crippen molar-refractivity contribution in [1.82, 2.24) is 14.7 Å². The van der Waals surface area contributed by atoms with Gasteiger partial charge in [-0.25, -0.2) is 4.98 Å². The molecular weight excluding hydrogens is 230 g/mol. The molecule has 1 aliphatic rings. The number of nitrogens with zero attached hydrogens (tertiary/aromatic N) is 2. The largest absolute Gasteiger partial charge is 0.495 e. The summed E-state index contributed by atoms with van der Waals surface area (Å²) in [5.41, 5.74) is 1.43. The second kappa shape index (κ2) is 4.42. The van der Waals surface area contributed by atoms with Crippen LogP contribution in [0, 0.1) is 0 Å². The molecule has 1 unspecified atom stereocenters. The van der Waals surface area contributed by atoms with Crippen molar-refractivity contribution >= 4 is 5.65 Å². The third-order valence-corrected chi connectivity index (χ3v) is 3.31. The topological polar surface area (TPSA) is 55.6 Å². The number of aromatic nitrogens is 2. The van der Waals surface area contributed by atoms with Gasteiger partial charge in [-0.3, -0.25) is 9.20 Å². The predicted octanol–water partition coefficient (Wildman–Crippen LogP) is 1.13. The number of methoxy groups -OCH3 is 1. The molecule has 0 amide bonds. The Morgan fingerprint density at radius 2 is 2.39 bits per heavy atom. The molecule has 0 spiro atoms. The summed E-state index contributed by atoms with van der Waals surface area (Å²) in [5.74, 6) is 0.651. The maximum absolute atomic E-state index is 12.1. The van der Waals surface area contributed by atoms with Gasteiger partial charge in [0, 0.05) is 12.1 Å². The smallest absolute Gasteiger partial charge is 0.258 e. The quantitative estimate of drug-likeness (QED) is 0.861. The van der Waals surface area contributed by atoms with Gasteiger partial charge in [0.2, 0.25) is 0 Å². The summed E-state index contributed by atoms with van der Waals surface area (Å²) in [6.07, 6.45) is 3.84. The predicted molar refractivity (Wildman–Crippen MR) is 68.0 cm³/mol. The van der Waals surface area contributed by atoms with Gasteiger partial charge >= 0.3 is 0 Å². The maximum atomic E-state index is 12.1. The highest BCUT2D eigenvalue weighted by molar-refractivity contribution is 5.42. The fourth-order valence-electron chi connectivity index (χ4n) is 2.34. The molecule has 1 atom stereocenters. The number of hydrogen-bond donors (Lipinski definition) is 1. The van der Waals surface area contributed by atoms with E-state index in [0.717, 1.165) is 25.1 Å². The number of fused-ring (bicyclic) bond motifs is 1. The van der Waals surface area contributed by atoms with E-state index in [1.807, 2.05) is 6.07 Å². The molecule has 0 saturated carbocycles. The Balaban J connectivity index is 2.12. The number of hydrogen-bond acceptors (Lipinski definition) is 4. The highest BCUT2D eigenvalue weighted by Crippen LogP contribution is 2.21. The summed E-state index contributed by atoms with van der Waals surface area (Å²) in [6.45, 7) is 0.994. The third kappa shape index (κ3) is 1.86. The van der Waals surface area contributed by atoms with Crippen molar-refractivity contribution in [3.8, 4) is 5.75 Å². The van der Waals surface area contributed by atoms with E-state index in [1.165, 1.54) is 4.40 Å². The standard InChI is InChI=1S/C13H15N3O2/c1-18-9-4-5-12-15-11(10-3-2-6-14-10)7-13(17)16(12)8-9/h4-5,7-8,10,14H,2-3,6H2,1H3. The van der Waals surface area contributed by atoms with E-state index in [1.54, 1.807) is 25.4 Å². The van der Waals surface area contributed by atoms with Crippen LogP contribution in [0.1, 0.15) is 24.6 Å². The number of rotatable bonds is 2. The molecule has 0 bridgehead atoms. The van der Waals surface area contributed by atoms with Crippen molar-refractivity contribution in [1.29, 1.82) is 0 Å². The monoisotopic (exact) mass is 245 g/mol. The van der Waals surface area contributed by atoms with Crippen molar-refractivity contribution in [3.05, 3.63) is 40.4 Å². The van der Waals surface area contributed by atoms with Gasteiger partial charge in [-0.15, -0.1) is 0 Å². The molecule has 0 radical (unpaired) electrons. The first-order valence-electron chi connectivity index (χ1n) is 6.08. The lowest BCUT2D eigenvalue weighted by atomic mass is 10.1. The zero-order valence-corrected chi connectivity index (χ0v) is 10.2. The fourth-order valence-corrected chi connectivity index (χ4v) is 2.34. The van der Waals surface area contributed by atoms with Crippen molar-refractivity contribution in [2.75, 3.05) is 13.7 Å². The van der Waals surface area contributed by atoms with Crippen LogP contribution >= 0.6 is 0 Å². The molecule has 1 aliphatic heterocycles. The molecule has 0 aliphatic carbocycles. The van der Waals surface area contributed by atoms with Gasteiger partial charge in [0.1, 0.15) is 11.4 Å². The average Bonchev–Trinajstić information content (AvgIpc) is 2.92. The molecule has 1 N–H and O–H groups in total. The first kappa shape index (κ1) is 11.2. The second-order valence-corrected chi connectivity index (χ2v) is 4.47. The maximum Gasteiger partial charge on any atom is 0.258 e. The van der Waals surface area contributed by atoms with Crippen molar-refractivity contribution in [2.24, 2.45) is 0 Å². The number of ether oxygens (including phenoxy) is 1. The molecule has 5 nitrogen and oxygen atoms in total. The van der Waals surface area contributed by atoms with Gasteiger partial charge in [-0.1, -0.05) is 0 Å². The first-order valence-corrected chi connectivity index (χ1v) is 6.08. The summed E-state index contributed by atoms with van der Waals surface area (Å²) in [4.78, 5) is 16.6. The van der Waals surface area contributed by atoms with Crippen molar-refractivity contribution in [3.63, 3.8) is 0 Å². The Bertz CT molecular complexity index is 630. The molecule has 3 heterocycles. The Labute approximate surface area is 104 Å². The van der Waals surface area contributed by atoms with E-state index >= 15 is 0 Å². The first-order chi connectivity index (χ1) is 8.78. The lowest BCUT2D eigenvalue weighted by Crippen LogP contribution is -2.21. The molecule has 2 aromatic heterocycles. The van der Waals surface area contributed by atoms with E-state index in [9.17, 15) is 4.79 Å². The SMILES string of the molecule is COc1ccc2nc(C3CCCN3)cc(=O)n2c1. The van der Waals surface area contributed by atoms with Crippen LogP contribution in [0.4, 0.5) is 0 Å². The van der Waals surface area contributed by atoms with Crippen LogP contribution in [-0.2, 0) is 0 Å². The Morgan fingerprint density at radius 3 is 3.11 bits per heavy atom. The van der Waals surface area contributed by atoms with Crippen LogP contribution in [0.25, 0.3) is 5.65 Å². The Morgan fingerprint density at radius 1 is 1.50 bits per heavy atom. The summed E-state index contributed by atoms with van der Waals surface area (Å²) in [7, 11) is 1.58. The zero-order chi connectivity index (χ0) is 12.5. The highest BCUT2D eigenvalue weighted by atomic mass is 16.5. The second-order valence-electron chi connectivity index (χ2n) is 4.47. The van der Waals surface area contributed by atoms with Crippen LogP contribution in [0.3, 0.4) is 0 Å². The Kier molecular flexibility index (Phi) is 2.76. The van der Waals surface area contributed by atoms with Crippen LogP contribution in [0.15, 0.2) is 29.2 Å². The van der Waals surface area contributed by atoms with Gasteiger partial charge in [0.05, 0.1) is 19.0 Å². The summed E-state index contributed by atoms with van der Waals surface area (Å²) < 4.78 is 6.62. The van der Waals surface area contributed by atoms with Crippen LogP contribution in [0.5, 0.6) is 5.75 Å². The van der Waals surface area contributed by atoms with Crippen LogP contribution in [-0.4, -0.2) is 23.0 Å². The van der Waals surface area contributed by atoms with E-state index < -0.39 is 0 Å². The summed E-state index contributed by atoms with van der Waals surface area (Å²) in [6, 6.07) is 5.44. The minimum Gasteiger partial charge on any atom is -0.495 e. The summed E-state index contributed by atoms with van der Waals surface area (Å²) >= 11 is 0. The highest BCUT2D eigenvalue weighted by Gasteiger charge is 2.18. The molecule has 0 aromatic carbocycles. The fraction of sp³-hybridized carbons (Fsp3) is 0.385. The minimum absolute atomic E-state index is 0.0670. The number of pyridine rings is 1. The van der Waals surface area contributed by atoms with Gasteiger partial charge in [-0.05, 0) is 31.5 Å². The molecule has 1 fully saturated rings. The van der Waals surface area contributed by atoms with Crippen molar-refractivity contribution < 1.29 is 4.74 Å². The minimum atomic E-state index is -0.0670. The molecule has 5 heteroatoms. The number of nitrogens with one attached hydrogen (secondary N) is 1. The molecule has 2 aromatic rings. The zero-order valence-electron chi connectivity index (χ0n) is 10.2. The third-order valence-electron chi connectivity index (χ3n) is 3.31. The lowest BCUT2D eigenvalue weighted by Gasteiger charge is -2.10. The lowest BCUT2D eigenvalue weighted by molar-refractivity contribution is 0.412. The van der Waals surface area contributed by atoms with Crippen LogP contribution in [0.2, 0.25) is 0 Å². The van der Waals surface area contributed by atoms with E-state index in [-0.39, 0.29) is 11.6 Å². The van der Waals surface area contributed by atoms with Crippen LogP contribution < -0.4 is 15.6 Å². The summed E-state index contributed by atoms with van der Waals surface area (Å²) in [5, 5.41) is 3.35. The molecule has 18 heavy (non-hydrogen) atoms.